The van der Waals surface area contributed by atoms with E-state index >= 15 is 0 Å². The molecule has 3 nitrogen and oxygen atoms in total. The minimum absolute atomic E-state index is 0.00322. The molecule has 1 fully saturated rings. The summed E-state index contributed by atoms with van der Waals surface area (Å²) in [6.07, 6.45) is 2.25. The summed E-state index contributed by atoms with van der Waals surface area (Å²) in [5.74, 6) is -0.00322. The Morgan fingerprint density at radius 1 is 1.16 bits per heavy atom. The molecule has 3 rings (SSSR count). The molecule has 0 saturated heterocycles. The zero-order valence-electron chi connectivity index (χ0n) is 10.9. The first-order valence-electron chi connectivity index (χ1n) is 6.70. The van der Waals surface area contributed by atoms with Crippen LogP contribution in [0.5, 0.6) is 0 Å². The number of carbonyl (C=O) groups excluding carboxylic acids is 1. The van der Waals surface area contributed by atoms with Crippen molar-refractivity contribution in [3.8, 4) is 0 Å². The van der Waals surface area contributed by atoms with Crippen molar-refractivity contribution >= 4 is 16.7 Å². The normalized spacial score (nSPS) is 16.3. The lowest BCUT2D eigenvalue weighted by Gasteiger charge is -2.14. The summed E-state index contributed by atoms with van der Waals surface area (Å²) >= 11 is 0. The van der Waals surface area contributed by atoms with Gasteiger partial charge in [0, 0.05) is 17.5 Å². The summed E-state index contributed by atoms with van der Waals surface area (Å²) in [5.41, 5.74) is 6.64. The van der Waals surface area contributed by atoms with Crippen molar-refractivity contribution in [1.82, 2.24) is 5.32 Å². The van der Waals surface area contributed by atoms with Crippen molar-refractivity contribution in [1.29, 1.82) is 0 Å². The molecule has 0 aliphatic heterocycles. The van der Waals surface area contributed by atoms with Gasteiger partial charge in [-0.1, -0.05) is 36.4 Å². The second-order valence-electron chi connectivity index (χ2n) is 5.41. The first-order valence-corrected chi connectivity index (χ1v) is 6.70. The molecule has 0 heterocycles. The molecule has 1 amide bonds. The molecule has 0 aromatic heterocycles. The summed E-state index contributed by atoms with van der Waals surface area (Å²) in [4.78, 5) is 12.3. The molecule has 1 aliphatic rings. The van der Waals surface area contributed by atoms with Gasteiger partial charge >= 0.3 is 0 Å². The third kappa shape index (κ3) is 2.34. The van der Waals surface area contributed by atoms with E-state index in [0.29, 0.717) is 13.1 Å². The van der Waals surface area contributed by atoms with E-state index in [1.807, 2.05) is 42.5 Å². The maximum atomic E-state index is 12.3. The number of nitrogens with one attached hydrogen (secondary N) is 1. The third-order valence-electron chi connectivity index (χ3n) is 4.05. The minimum Gasteiger partial charge on any atom is -0.351 e. The Morgan fingerprint density at radius 3 is 2.63 bits per heavy atom. The van der Waals surface area contributed by atoms with Gasteiger partial charge in [0.2, 0.25) is 0 Å². The van der Waals surface area contributed by atoms with Gasteiger partial charge in [-0.15, -0.1) is 0 Å². The molecule has 2 aromatic carbocycles. The van der Waals surface area contributed by atoms with Crippen LogP contribution >= 0.6 is 0 Å². The molecular weight excluding hydrogens is 236 g/mol. The molecule has 0 unspecified atom stereocenters. The highest BCUT2D eigenvalue weighted by Crippen LogP contribution is 2.43. The van der Waals surface area contributed by atoms with Crippen LogP contribution in [0.15, 0.2) is 42.5 Å². The van der Waals surface area contributed by atoms with Crippen LogP contribution < -0.4 is 11.1 Å². The molecule has 1 saturated carbocycles. The van der Waals surface area contributed by atoms with Gasteiger partial charge in [-0.05, 0) is 36.2 Å². The van der Waals surface area contributed by atoms with Crippen molar-refractivity contribution in [3.05, 3.63) is 48.0 Å². The first kappa shape index (κ1) is 12.2. The van der Waals surface area contributed by atoms with Crippen LogP contribution in [0.3, 0.4) is 0 Å². The van der Waals surface area contributed by atoms with E-state index in [9.17, 15) is 4.79 Å². The van der Waals surface area contributed by atoms with Gasteiger partial charge in [0.05, 0.1) is 0 Å². The van der Waals surface area contributed by atoms with Gasteiger partial charge in [-0.3, -0.25) is 4.79 Å². The van der Waals surface area contributed by atoms with E-state index in [-0.39, 0.29) is 11.3 Å². The van der Waals surface area contributed by atoms with Gasteiger partial charge in [0.15, 0.2) is 0 Å². The van der Waals surface area contributed by atoms with Gasteiger partial charge in [-0.25, -0.2) is 0 Å². The topological polar surface area (TPSA) is 55.1 Å². The molecule has 1 aliphatic carbocycles. The monoisotopic (exact) mass is 254 g/mol. The predicted octanol–water partition coefficient (Wildman–Crippen LogP) is 2.31. The van der Waals surface area contributed by atoms with Crippen LogP contribution in [0.2, 0.25) is 0 Å². The van der Waals surface area contributed by atoms with Crippen molar-refractivity contribution < 1.29 is 4.79 Å². The van der Waals surface area contributed by atoms with Crippen LogP contribution in [0.1, 0.15) is 23.2 Å². The zero-order valence-corrected chi connectivity index (χ0v) is 10.9. The van der Waals surface area contributed by atoms with Gasteiger partial charge in [0.1, 0.15) is 0 Å². The fraction of sp³-hybridized carbons (Fsp3) is 0.312. The average molecular weight is 254 g/mol. The van der Waals surface area contributed by atoms with Crippen molar-refractivity contribution in [2.24, 2.45) is 11.1 Å². The molecule has 0 spiro atoms. The summed E-state index contributed by atoms with van der Waals surface area (Å²) in [7, 11) is 0. The molecule has 0 radical (unpaired) electrons. The summed E-state index contributed by atoms with van der Waals surface area (Å²) < 4.78 is 0. The molecule has 19 heavy (non-hydrogen) atoms. The molecule has 0 bridgehead atoms. The molecule has 3 heteroatoms. The van der Waals surface area contributed by atoms with Crippen LogP contribution in [0, 0.1) is 5.41 Å². The smallest absolute Gasteiger partial charge is 0.251 e. The molecule has 2 aromatic rings. The minimum atomic E-state index is -0.00322. The van der Waals surface area contributed by atoms with Crippen molar-refractivity contribution in [2.75, 3.05) is 13.1 Å². The Hall–Kier alpha value is -1.87. The number of hydrogen-bond acceptors (Lipinski definition) is 2. The van der Waals surface area contributed by atoms with Gasteiger partial charge in [0.25, 0.3) is 5.91 Å². The number of hydrogen-bond donors (Lipinski definition) is 2. The van der Waals surface area contributed by atoms with Crippen LogP contribution in [0.4, 0.5) is 0 Å². The Balaban J connectivity index is 1.82. The van der Waals surface area contributed by atoms with E-state index < -0.39 is 0 Å². The zero-order chi connectivity index (χ0) is 13.3. The number of rotatable bonds is 4. The largest absolute Gasteiger partial charge is 0.351 e. The third-order valence-corrected chi connectivity index (χ3v) is 4.05. The van der Waals surface area contributed by atoms with Gasteiger partial charge in [-0.2, -0.15) is 0 Å². The molecular formula is C16H18N2O. The van der Waals surface area contributed by atoms with Crippen molar-refractivity contribution in [2.45, 2.75) is 12.8 Å². The SMILES string of the molecule is NCC1(CNC(=O)c2cccc3ccccc23)CC1. The lowest BCUT2D eigenvalue weighted by atomic mass is 10.0. The predicted molar refractivity (Wildman–Crippen MR) is 77.0 cm³/mol. The molecule has 98 valence electrons. The summed E-state index contributed by atoms with van der Waals surface area (Å²) in [6, 6.07) is 13.8. The Labute approximate surface area is 112 Å². The molecule has 0 atom stereocenters. The average Bonchev–Trinajstić information content (AvgIpc) is 3.25. The van der Waals surface area contributed by atoms with Crippen LogP contribution in [-0.2, 0) is 0 Å². The van der Waals surface area contributed by atoms with E-state index in [1.54, 1.807) is 0 Å². The lowest BCUT2D eigenvalue weighted by Crippen LogP contribution is -2.33. The fourth-order valence-corrected chi connectivity index (χ4v) is 2.42. The second-order valence-corrected chi connectivity index (χ2v) is 5.41. The Morgan fingerprint density at radius 2 is 1.89 bits per heavy atom. The number of benzene rings is 2. The maximum absolute atomic E-state index is 12.3. The summed E-state index contributed by atoms with van der Waals surface area (Å²) in [6.45, 7) is 1.34. The Bertz CT molecular complexity index is 612. The van der Waals surface area contributed by atoms with Gasteiger partial charge < -0.3 is 11.1 Å². The van der Waals surface area contributed by atoms with E-state index in [4.69, 9.17) is 5.73 Å². The highest BCUT2D eigenvalue weighted by atomic mass is 16.1. The van der Waals surface area contributed by atoms with E-state index in [1.165, 1.54) is 0 Å². The highest BCUT2D eigenvalue weighted by Gasteiger charge is 2.41. The molecule has 3 N–H and O–H groups in total. The van der Waals surface area contributed by atoms with Crippen molar-refractivity contribution in [3.63, 3.8) is 0 Å². The maximum Gasteiger partial charge on any atom is 0.251 e. The Kier molecular flexibility index (Phi) is 2.99. The summed E-state index contributed by atoms with van der Waals surface area (Å²) in [5, 5.41) is 5.12. The quantitative estimate of drug-likeness (QED) is 0.879. The fourth-order valence-electron chi connectivity index (χ4n) is 2.42. The lowest BCUT2D eigenvalue weighted by molar-refractivity contribution is 0.0947. The van der Waals surface area contributed by atoms with E-state index in [0.717, 1.165) is 29.2 Å². The number of carbonyl (C=O) groups is 1. The highest BCUT2D eigenvalue weighted by molar-refractivity contribution is 6.07. The number of fused-ring (bicyclic) bond motifs is 1. The standard InChI is InChI=1S/C16H18N2O/c17-10-16(8-9-16)11-18-15(19)14-7-3-5-12-4-1-2-6-13(12)14/h1-7H,8-11,17H2,(H,18,19). The van der Waals surface area contributed by atoms with Crippen LogP contribution in [0.25, 0.3) is 10.8 Å². The van der Waals surface area contributed by atoms with E-state index in [2.05, 4.69) is 5.32 Å². The second kappa shape index (κ2) is 4.67. The number of amides is 1. The number of nitrogens with two attached hydrogens (primary N) is 1. The van der Waals surface area contributed by atoms with Crippen LogP contribution in [-0.4, -0.2) is 19.0 Å². The first-order chi connectivity index (χ1) is 9.24.